The first kappa shape index (κ1) is 19.0. The number of hydrogen-bond acceptors (Lipinski definition) is 3. The summed E-state index contributed by atoms with van der Waals surface area (Å²) in [6, 6.07) is 0. The van der Waals surface area contributed by atoms with Gasteiger partial charge in [0.1, 0.15) is 5.00 Å². The molecule has 1 fully saturated rings. The van der Waals surface area contributed by atoms with Gasteiger partial charge in [-0.25, -0.2) is 0 Å². The number of amides is 2. The highest BCUT2D eigenvalue weighted by atomic mass is 32.1. The number of aryl methyl sites for hydroxylation is 1. The van der Waals surface area contributed by atoms with E-state index in [9.17, 15) is 9.59 Å². The van der Waals surface area contributed by atoms with Crippen LogP contribution in [0.15, 0.2) is 0 Å². The molecule has 2 rings (SSSR count). The third kappa shape index (κ3) is 3.10. The Bertz CT molecular complexity index is 657. The van der Waals surface area contributed by atoms with E-state index in [2.05, 4.69) is 52.2 Å². The number of rotatable bonds is 5. The number of anilines is 1. The van der Waals surface area contributed by atoms with E-state index in [-0.39, 0.29) is 28.6 Å². The minimum Gasteiger partial charge on any atom is -0.352 e. The van der Waals surface area contributed by atoms with Crippen molar-refractivity contribution in [3.8, 4) is 0 Å². The molecule has 1 aromatic heterocycles. The Morgan fingerprint density at radius 3 is 2.12 bits per heavy atom. The lowest BCUT2D eigenvalue weighted by molar-refractivity contribution is -0.118. The van der Waals surface area contributed by atoms with Crippen molar-refractivity contribution in [1.29, 1.82) is 0 Å². The molecule has 0 aromatic carbocycles. The summed E-state index contributed by atoms with van der Waals surface area (Å²) in [5, 5.41) is 6.67. The van der Waals surface area contributed by atoms with Crippen molar-refractivity contribution >= 4 is 28.2 Å². The lowest BCUT2D eigenvalue weighted by atomic mass is 10.0. The van der Waals surface area contributed by atoms with Gasteiger partial charge in [-0.3, -0.25) is 9.59 Å². The van der Waals surface area contributed by atoms with Crippen molar-refractivity contribution in [1.82, 2.24) is 5.32 Å². The molecule has 0 bridgehead atoms. The van der Waals surface area contributed by atoms with E-state index in [1.165, 1.54) is 11.3 Å². The maximum Gasteiger partial charge on any atom is 0.254 e. The standard InChI is InChI=1S/C19H30N2O2S/c1-10(2)9-20-15(22)13-11(3)12(4)24-17(13)21-16(23)14-18(5,6)19(14,7)8/h10,14H,9H2,1-8H3,(H,20,22)(H,21,23). The zero-order chi connectivity index (χ0) is 18.4. The van der Waals surface area contributed by atoms with E-state index in [0.29, 0.717) is 23.0 Å². The monoisotopic (exact) mass is 350 g/mol. The van der Waals surface area contributed by atoms with Crippen molar-refractivity contribution in [3.63, 3.8) is 0 Å². The highest BCUT2D eigenvalue weighted by molar-refractivity contribution is 7.16. The van der Waals surface area contributed by atoms with Crippen LogP contribution < -0.4 is 10.6 Å². The first-order valence-electron chi connectivity index (χ1n) is 8.60. The van der Waals surface area contributed by atoms with E-state index >= 15 is 0 Å². The average molecular weight is 351 g/mol. The first-order chi connectivity index (χ1) is 10.9. The second-order valence-electron chi connectivity index (χ2n) is 8.46. The fourth-order valence-electron chi connectivity index (χ4n) is 3.41. The summed E-state index contributed by atoms with van der Waals surface area (Å²) < 4.78 is 0. The summed E-state index contributed by atoms with van der Waals surface area (Å²) in [5.41, 5.74) is 1.53. The summed E-state index contributed by atoms with van der Waals surface area (Å²) >= 11 is 1.48. The molecule has 0 atom stereocenters. The molecule has 0 radical (unpaired) electrons. The summed E-state index contributed by atoms with van der Waals surface area (Å²) in [6.45, 7) is 17.2. The van der Waals surface area contributed by atoms with Crippen LogP contribution in [0.5, 0.6) is 0 Å². The minimum absolute atomic E-state index is 0.0154. The molecule has 1 aliphatic carbocycles. The van der Waals surface area contributed by atoms with Gasteiger partial charge in [-0.1, -0.05) is 41.5 Å². The Hall–Kier alpha value is -1.36. The van der Waals surface area contributed by atoms with Gasteiger partial charge >= 0.3 is 0 Å². The maximum absolute atomic E-state index is 12.7. The van der Waals surface area contributed by atoms with Gasteiger partial charge in [0.2, 0.25) is 5.91 Å². The van der Waals surface area contributed by atoms with Crippen molar-refractivity contribution < 1.29 is 9.59 Å². The highest BCUT2D eigenvalue weighted by Crippen LogP contribution is 2.68. The molecule has 1 aromatic rings. The van der Waals surface area contributed by atoms with Gasteiger partial charge < -0.3 is 10.6 Å². The van der Waals surface area contributed by atoms with Crippen LogP contribution in [-0.4, -0.2) is 18.4 Å². The zero-order valence-corrected chi connectivity index (χ0v) is 16.9. The number of hydrogen-bond donors (Lipinski definition) is 2. The van der Waals surface area contributed by atoms with Gasteiger partial charge in [0, 0.05) is 17.3 Å². The van der Waals surface area contributed by atoms with Gasteiger partial charge in [-0.15, -0.1) is 11.3 Å². The van der Waals surface area contributed by atoms with Crippen LogP contribution in [0.4, 0.5) is 5.00 Å². The van der Waals surface area contributed by atoms with Crippen LogP contribution in [0.2, 0.25) is 0 Å². The lowest BCUT2D eigenvalue weighted by Crippen LogP contribution is -2.28. The van der Waals surface area contributed by atoms with Crippen LogP contribution in [0.1, 0.15) is 62.3 Å². The quantitative estimate of drug-likeness (QED) is 0.828. The van der Waals surface area contributed by atoms with Gasteiger partial charge in [0.25, 0.3) is 5.91 Å². The Kier molecular flexibility index (Phi) is 4.88. The third-order valence-corrected chi connectivity index (χ3v) is 6.93. The van der Waals surface area contributed by atoms with Gasteiger partial charge in [0.05, 0.1) is 5.56 Å². The first-order valence-corrected chi connectivity index (χ1v) is 9.42. The number of thiophene rings is 1. The molecule has 0 spiro atoms. The summed E-state index contributed by atoms with van der Waals surface area (Å²) in [7, 11) is 0. The second kappa shape index (κ2) is 6.17. The number of carbonyl (C=O) groups excluding carboxylic acids is 2. The molecule has 0 saturated heterocycles. The van der Waals surface area contributed by atoms with Gasteiger partial charge in [-0.2, -0.15) is 0 Å². The molecule has 24 heavy (non-hydrogen) atoms. The van der Waals surface area contributed by atoms with E-state index in [1.54, 1.807) is 0 Å². The molecule has 4 nitrogen and oxygen atoms in total. The molecule has 2 amide bonds. The van der Waals surface area contributed by atoms with E-state index < -0.39 is 0 Å². The van der Waals surface area contributed by atoms with E-state index in [0.717, 1.165) is 10.4 Å². The average Bonchev–Trinajstić information content (AvgIpc) is 2.67. The summed E-state index contributed by atoms with van der Waals surface area (Å²) in [4.78, 5) is 26.4. The molecule has 1 aliphatic rings. The molecular formula is C19H30N2O2S. The summed E-state index contributed by atoms with van der Waals surface area (Å²) in [6.07, 6.45) is 0. The van der Waals surface area contributed by atoms with Crippen LogP contribution in [0, 0.1) is 36.5 Å². The van der Waals surface area contributed by atoms with Crippen LogP contribution in [0.25, 0.3) is 0 Å². The second-order valence-corrected chi connectivity index (χ2v) is 9.68. The normalized spacial score (nSPS) is 18.5. The molecule has 2 N–H and O–H groups in total. The van der Waals surface area contributed by atoms with Crippen molar-refractivity contribution in [2.45, 2.75) is 55.4 Å². The number of nitrogens with one attached hydrogen (secondary N) is 2. The van der Waals surface area contributed by atoms with Gasteiger partial charge in [-0.05, 0) is 36.2 Å². The highest BCUT2D eigenvalue weighted by Gasteiger charge is 2.68. The fraction of sp³-hybridized carbons (Fsp3) is 0.684. The van der Waals surface area contributed by atoms with Crippen molar-refractivity contribution in [2.75, 3.05) is 11.9 Å². The topological polar surface area (TPSA) is 58.2 Å². The molecule has 134 valence electrons. The largest absolute Gasteiger partial charge is 0.352 e. The molecule has 1 heterocycles. The number of carbonyl (C=O) groups is 2. The molecule has 5 heteroatoms. The lowest BCUT2D eigenvalue weighted by Gasteiger charge is -2.11. The fourth-order valence-corrected chi connectivity index (χ4v) is 4.47. The molecule has 0 aliphatic heterocycles. The van der Waals surface area contributed by atoms with E-state index in [4.69, 9.17) is 0 Å². The van der Waals surface area contributed by atoms with Crippen LogP contribution in [-0.2, 0) is 4.79 Å². The van der Waals surface area contributed by atoms with Crippen molar-refractivity contribution in [3.05, 3.63) is 16.0 Å². The predicted octanol–water partition coefficient (Wildman–Crippen LogP) is 4.37. The predicted molar refractivity (Wildman–Crippen MR) is 101 cm³/mol. The van der Waals surface area contributed by atoms with Crippen LogP contribution in [0.3, 0.4) is 0 Å². The van der Waals surface area contributed by atoms with Crippen LogP contribution >= 0.6 is 11.3 Å². The van der Waals surface area contributed by atoms with Gasteiger partial charge in [0.15, 0.2) is 0 Å². The molecule has 1 saturated carbocycles. The third-order valence-electron chi connectivity index (χ3n) is 5.80. The Balaban J connectivity index is 2.21. The SMILES string of the molecule is Cc1sc(NC(=O)C2C(C)(C)C2(C)C)c(C(=O)NCC(C)C)c1C. The molecule has 0 unspecified atom stereocenters. The van der Waals surface area contributed by atoms with E-state index in [1.807, 2.05) is 13.8 Å². The van der Waals surface area contributed by atoms with Crippen molar-refractivity contribution in [2.24, 2.45) is 22.7 Å². The maximum atomic E-state index is 12.7. The Labute approximate surface area is 149 Å². The summed E-state index contributed by atoms with van der Waals surface area (Å²) in [5.74, 6) is 0.277. The zero-order valence-electron chi connectivity index (χ0n) is 16.1. The molecular weight excluding hydrogens is 320 g/mol. The minimum atomic E-state index is -0.102. The Morgan fingerprint density at radius 1 is 1.12 bits per heavy atom. The Morgan fingerprint density at radius 2 is 1.67 bits per heavy atom. The smallest absolute Gasteiger partial charge is 0.254 e.